The zero-order chi connectivity index (χ0) is 19.6. The van der Waals surface area contributed by atoms with Gasteiger partial charge in [-0.15, -0.1) is 16.4 Å². The summed E-state index contributed by atoms with van der Waals surface area (Å²) < 4.78 is 5.27. The van der Waals surface area contributed by atoms with Crippen molar-refractivity contribution in [2.45, 2.75) is 10.2 Å². The fourth-order valence-electron chi connectivity index (χ4n) is 3.01. The lowest BCUT2D eigenvalue weighted by atomic mass is 10.1. The lowest BCUT2D eigenvalue weighted by Crippen LogP contribution is -1.87. The van der Waals surface area contributed by atoms with Crippen LogP contribution in [0.2, 0.25) is 0 Å². The van der Waals surface area contributed by atoms with E-state index < -0.39 is 0 Å². The molecule has 0 radical (unpaired) electrons. The molecule has 29 heavy (non-hydrogen) atoms. The third kappa shape index (κ3) is 3.48. The van der Waals surface area contributed by atoms with Crippen molar-refractivity contribution >= 4 is 33.3 Å². The molecule has 0 aliphatic heterocycles. The lowest BCUT2D eigenvalue weighted by Gasteiger charge is -2.05. The molecule has 0 aliphatic carbocycles. The number of nitrogens with one attached hydrogen (secondary N) is 1. The van der Waals surface area contributed by atoms with Gasteiger partial charge in [-0.25, -0.2) is 15.0 Å². The Labute approximate surface area is 175 Å². The number of benzene rings is 2. The van der Waals surface area contributed by atoms with E-state index in [2.05, 4.69) is 30.5 Å². The number of aromatic nitrogens is 5. The normalized spacial score (nSPS) is 11.1. The largest absolute Gasteiger partial charge is 0.497 e. The fourth-order valence-corrected chi connectivity index (χ4v) is 4.80. The summed E-state index contributed by atoms with van der Waals surface area (Å²) in [6.07, 6.45) is 1.59. The second-order valence-electron chi connectivity index (χ2n) is 6.17. The highest BCUT2D eigenvalue weighted by Gasteiger charge is 2.16. The van der Waals surface area contributed by atoms with Gasteiger partial charge in [0.25, 0.3) is 0 Å². The number of H-pyrrole nitrogens is 1. The Balaban J connectivity index is 1.52. The van der Waals surface area contributed by atoms with Gasteiger partial charge in [0, 0.05) is 16.5 Å². The number of methoxy groups -OCH3 is 1. The molecule has 0 fully saturated rings. The molecule has 6 nitrogen and oxygen atoms in total. The molecule has 2 aromatic carbocycles. The molecule has 3 aromatic heterocycles. The molecule has 1 N–H and O–H groups in total. The van der Waals surface area contributed by atoms with E-state index in [9.17, 15) is 0 Å². The van der Waals surface area contributed by atoms with Gasteiger partial charge in [0.05, 0.1) is 12.5 Å². The van der Waals surface area contributed by atoms with E-state index >= 15 is 0 Å². The molecule has 3 heterocycles. The van der Waals surface area contributed by atoms with Crippen molar-refractivity contribution in [3.63, 3.8) is 0 Å². The summed E-state index contributed by atoms with van der Waals surface area (Å²) in [4.78, 5) is 14.5. The maximum absolute atomic E-state index is 5.27. The minimum atomic E-state index is 0.621. The zero-order valence-corrected chi connectivity index (χ0v) is 17.0. The van der Waals surface area contributed by atoms with Crippen LogP contribution in [0.3, 0.4) is 0 Å². The second kappa shape index (κ2) is 7.65. The second-order valence-corrected chi connectivity index (χ2v) is 7.99. The third-order valence-electron chi connectivity index (χ3n) is 4.44. The molecular formula is C21H15N5OS2. The minimum Gasteiger partial charge on any atom is -0.497 e. The van der Waals surface area contributed by atoms with Crippen LogP contribution in [0, 0.1) is 0 Å². The average Bonchev–Trinajstić information content (AvgIpc) is 3.42. The van der Waals surface area contributed by atoms with E-state index in [1.807, 2.05) is 54.6 Å². The van der Waals surface area contributed by atoms with Gasteiger partial charge in [0.2, 0.25) is 5.16 Å². The fraction of sp³-hybridized carbons (Fsp3) is 0.0476. The summed E-state index contributed by atoms with van der Waals surface area (Å²) in [6.45, 7) is 0. The number of ether oxygens (including phenoxy) is 1. The molecule has 0 atom stereocenters. The minimum absolute atomic E-state index is 0.621. The van der Waals surface area contributed by atoms with Crippen LogP contribution in [-0.4, -0.2) is 32.3 Å². The van der Waals surface area contributed by atoms with Crippen molar-refractivity contribution in [1.29, 1.82) is 0 Å². The Hall–Kier alpha value is -3.23. The molecule has 0 bridgehead atoms. The van der Waals surface area contributed by atoms with Crippen molar-refractivity contribution in [2.24, 2.45) is 0 Å². The molecule has 0 saturated carbocycles. The van der Waals surface area contributed by atoms with E-state index in [-0.39, 0.29) is 0 Å². The highest BCUT2D eigenvalue weighted by Crippen LogP contribution is 2.39. The summed E-state index contributed by atoms with van der Waals surface area (Å²) in [5.41, 5.74) is 3.18. The highest BCUT2D eigenvalue weighted by molar-refractivity contribution is 7.99. The van der Waals surface area contributed by atoms with Crippen molar-refractivity contribution in [2.75, 3.05) is 7.11 Å². The maximum atomic E-state index is 5.27. The first-order valence-electron chi connectivity index (χ1n) is 8.84. The average molecular weight is 418 g/mol. The van der Waals surface area contributed by atoms with E-state index in [1.165, 1.54) is 11.8 Å². The number of rotatable bonds is 5. The molecule has 5 rings (SSSR count). The predicted octanol–water partition coefficient (Wildman–Crippen LogP) is 5.30. The van der Waals surface area contributed by atoms with E-state index in [4.69, 9.17) is 4.74 Å². The zero-order valence-electron chi connectivity index (χ0n) is 15.4. The first-order valence-corrected chi connectivity index (χ1v) is 10.5. The molecular weight excluding hydrogens is 402 g/mol. The maximum Gasteiger partial charge on any atom is 0.215 e. The van der Waals surface area contributed by atoms with Gasteiger partial charge < -0.3 is 4.74 Å². The van der Waals surface area contributed by atoms with Crippen LogP contribution in [0.25, 0.3) is 32.7 Å². The lowest BCUT2D eigenvalue weighted by molar-refractivity contribution is 0.415. The van der Waals surface area contributed by atoms with Crippen LogP contribution in [0.5, 0.6) is 5.75 Å². The van der Waals surface area contributed by atoms with E-state index in [0.717, 1.165) is 43.5 Å². The Bertz CT molecular complexity index is 1270. The Kier molecular flexibility index (Phi) is 4.71. The van der Waals surface area contributed by atoms with Crippen molar-refractivity contribution in [3.05, 3.63) is 66.3 Å². The van der Waals surface area contributed by atoms with Gasteiger partial charge in [-0.1, -0.05) is 42.5 Å². The van der Waals surface area contributed by atoms with Crippen LogP contribution in [-0.2, 0) is 0 Å². The quantitative estimate of drug-likeness (QED) is 0.391. The van der Waals surface area contributed by atoms with E-state index in [0.29, 0.717) is 5.16 Å². The number of fused-ring (bicyclic) bond motifs is 1. The SMILES string of the molecule is COc1ccc(-c2csc3ncnc(Sc4n[nH]c(-c5ccccc5)n4)c23)cc1. The Morgan fingerprint density at radius 3 is 2.59 bits per heavy atom. The first-order chi connectivity index (χ1) is 14.3. The van der Waals surface area contributed by atoms with Crippen LogP contribution in [0.4, 0.5) is 0 Å². The van der Waals surface area contributed by atoms with Gasteiger partial charge in [0.1, 0.15) is 21.9 Å². The number of hydrogen-bond acceptors (Lipinski definition) is 7. The number of hydrogen-bond donors (Lipinski definition) is 1. The molecule has 142 valence electrons. The van der Waals surface area contributed by atoms with Crippen molar-refractivity contribution in [3.8, 4) is 28.3 Å². The number of aromatic amines is 1. The molecule has 0 unspecified atom stereocenters. The summed E-state index contributed by atoms with van der Waals surface area (Å²) in [5.74, 6) is 1.56. The molecule has 8 heteroatoms. The Morgan fingerprint density at radius 1 is 0.966 bits per heavy atom. The summed E-state index contributed by atoms with van der Waals surface area (Å²) >= 11 is 3.03. The van der Waals surface area contributed by atoms with E-state index in [1.54, 1.807) is 24.8 Å². The van der Waals surface area contributed by atoms with Crippen LogP contribution >= 0.6 is 23.1 Å². The van der Waals surface area contributed by atoms with Gasteiger partial charge >= 0.3 is 0 Å². The third-order valence-corrected chi connectivity index (χ3v) is 6.19. The summed E-state index contributed by atoms with van der Waals surface area (Å²) in [7, 11) is 1.66. The standard InChI is InChI=1S/C21H15N5OS2/c1-27-15-9-7-13(8-10-15)16-11-28-19-17(16)20(23-12-22-19)29-21-24-18(25-26-21)14-5-3-2-4-6-14/h2-12H,1H3,(H,24,25,26). The molecule has 0 spiro atoms. The topological polar surface area (TPSA) is 76.6 Å². The van der Waals surface area contributed by atoms with Crippen molar-refractivity contribution < 1.29 is 4.74 Å². The van der Waals surface area contributed by atoms with Gasteiger partial charge in [-0.05, 0) is 29.5 Å². The smallest absolute Gasteiger partial charge is 0.215 e. The molecule has 0 saturated heterocycles. The summed E-state index contributed by atoms with van der Waals surface area (Å²) in [5, 5.41) is 11.9. The number of nitrogens with zero attached hydrogens (tertiary/aromatic N) is 4. The monoisotopic (exact) mass is 417 g/mol. The van der Waals surface area contributed by atoms with Gasteiger partial charge in [-0.3, -0.25) is 5.10 Å². The predicted molar refractivity (Wildman–Crippen MR) is 115 cm³/mol. The molecule has 0 amide bonds. The van der Waals surface area contributed by atoms with Crippen molar-refractivity contribution in [1.82, 2.24) is 25.1 Å². The van der Waals surface area contributed by atoms with Crippen LogP contribution in [0.15, 0.2) is 76.5 Å². The highest BCUT2D eigenvalue weighted by atomic mass is 32.2. The number of thiophene rings is 1. The van der Waals surface area contributed by atoms with Gasteiger partial charge in [-0.2, -0.15) is 0 Å². The molecule has 5 aromatic rings. The Morgan fingerprint density at radius 2 is 1.79 bits per heavy atom. The van der Waals surface area contributed by atoms with Crippen LogP contribution < -0.4 is 4.74 Å². The van der Waals surface area contributed by atoms with Gasteiger partial charge in [0.15, 0.2) is 5.82 Å². The molecule has 0 aliphatic rings. The van der Waals surface area contributed by atoms with Crippen LogP contribution in [0.1, 0.15) is 0 Å². The summed E-state index contributed by atoms with van der Waals surface area (Å²) in [6, 6.07) is 17.9. The first kappa shape index (κ1) is 17.8.